The minimum Gasteiger partial charge on any atom is -0.456 e. The van der Waals surface area contributed by atoms with Crippen LogP contribution < -0.4 is 0 Å². The zero-order valence-corrected chi connectivity index (χ0v) is 22.5. The molecule has 0 aliphatic carbocycles. The Kier molecular flexibility index (Phi) is 4.99. The van der Waals surface area contributed by atoms with E-state index in [2.05, 4.69) is 134 Å². The van der Waals surface area contributed by atoms with Crippen molar-refractivity contribution >= 4 is 43.7 Å². The summed E-state index contributed by atoms with van der Waals surface area (Å²) < 4.78 is 8.54. The van der Waals surface area contributed by atoms with E-state index in [4.69, 9.17) is 4.42 Å². The Morgan fingerprint density at radius 3 is 1.65 bits per heavy atom. The lowest BCUT2D eigenvalue weighted by Crippen LogP contribution is -1.96. The van der Waals surface area contributed by atoms with Gasteiger partial charge in [-0.2, -0.15) is 0 Å². The number of para-hydroxylation sites is 3. The van der Waals surface area contributed by atoms with E-state index in [1.165, 1.54) is 66.3 Å². The number of nitrogens with zero attached hydrogens (tertiary/aromatic N) is 1. The van der Waals surface area contributed by atoms with E-state index in [1.54, 1.807) is 0 Å². The summed E-state index contributed by atoms with van der Waals surface area (Å²) in [7, 11) is 0. The molecule has 2 nitrogen and oxygen atoms in total. The summed E-state index contributed by atoms with van der Waals surface area (Å²) in [5, 5.41) is 4.94. The van der Waals surface area contributed by atoms with Crippen LogP contribution in [0.3, 0.4) is 0 Å². The molecule has 0 amide bonds. The lowest BCUT2D eigenvalue weighted by atomic mass is 9.97. The Labute approximate surface area is 232 Å². The minimum absolute atomic E-state index is 0.925. The number of hydrogen-bond acceptors (Lipinski definition) is 1. The molecule has 2 heterocycles. The summed E-state index contributed by atoms with van der Waals surface area (Å²) in [5.41, 5.74) is 13.0. The molecule has 0 aliphatic rings. The molecule has 0 saturated carbocycles. The molecule has 0 aliphatic heterocycles. The first-order chi connectivity index (χ1) is 19.7. The van der Waals surface area contributed by atoms with Crippen molar-refractivity contribution in [1.29, 1.82) is 0 Å². The molecule has 0 spiro atoms. The number of benzene rings is 6. The fourth-order valence-electron chi connectivity index (χ4n) is 6.38. The van der Waals surface area contributed by atoms with Crippen LogP contribution in [0.5, 0.6) is 0 Å². The molecule has 6 aromatic carbocycles. The van der Waals surface area contributed by atoms with Gasteiger partial charge in [-0.15, -0.1) is 0 Å². The highest BCUT2D eigenvalue weighted by atomic mass is 16.3. The van der Waals surface area contributed by atoms with Gasteiger partial charge in [-0.3, -0.25) is 0 Å². The van der Waals surface area contributed by atoms with Gasteiger partial charge in [-0.05, 0) is 71.5 Å². The molecule has 0 atom stereocenters. The number of aryl methyl sites for hydroxylation is 2. The van der Waals surface area contributed by atoms with Crippen LogP contribution in [0.25, 0.3) is 71.7 Å². The van der Waals surface area contributed by atoms with Crippen LogP contribution in [-0.2, 0) is 0 Å². The van der Waals surface area contributed by atoms with Gasteiger partial charge in [0.2, 0.25) is 0 Å². The highest BCUT2D eigenvalue weighted by molar-refractivity contribution is 6.13. The minimum atomic E-state index is 0.925. The van der Waals surface area contributed by atoms with Gasteiger partial charge in [0, 0.05) is 27.2 Å². The average molecular weight is 514 g/mol. The van der Waals surface area contributed by atoms with Gasteiger partial charge in [-0.25, -0.2) is 0 Å². The molecule has 0 radical (unpaired) electrons. The molecule has 40 heavy (non-hydrogen) atoms. The maximum Gasteiger partial charge on any atom is 0.136 e. The molecule has 8 rings (SSSR count). The van der Waals surface area contributed by atoms with E-state index in [1.807, 2.05) is 12.1 Å². The Morgan fingerprint density at radius 1 is 0.450 bits per heavy atom. The van der Waals surface area contributed by atoms with Crippen molar-refractivity contribution in [2.45, 2.75) is 13.8 Å². The monoisotopic (exact) mass is 513 g/mol. The summed E-state index contributed by atoms with van der Waals surface area (Å²) >= 11 is 0. The lowest BCUT2D eigenvalue weighted by molar-refractivity contribution is 0.669. The SMILES string of the molecule is Cc1cccc2c3cccc(C)c3n(-c3ccc(-c4ccc(-c5cccc6oc7ccccc7c56)cc4)cc3)c12. The molecule has 0 bridgehead atoms. The quantitative estimate of drug-likeness (QED) is 0.230. The number of furan rings is 1. The van der Waals surface area contributed by atoms with Gasteiger partial charge in [0.05, 0.1) is 11.0 Å². The first kappa shape index (κ1) is 22.9. The molecule has 0 fully saturated rings. The van der Waals surface area contributed by atoms with Crippen LogP contribution >= 0.6 is 0 Å². The van der Waals surface area contributed by atoms with Crippen LogP contribution in [0.15, 0.2) is 132 Å². The molecule has 2 aromatic heterocycles. The van der Waals surface area contributed by atoms with Crippen molar-refractivity contribution in [2.75, 3.05) is 0 Å². The summed E-state index contributed by atoms with van der Waals surface area (Å²) in [6.45, 7) is 4.41. The largest absolute Gasteiger partial charge is 0.456 e. The van der Waals surface area contributed by atoms with Crippen molar-refractivity contribution in [3.05, 3.63) is 139 Å². The Morgan fingerprint density at radius 2 is 0.975 bits per heavy atom. The Hall–Kier alpha value is -5.08. The second-order valence-corrected chi connectivity index (χ2v) is 10.7. The molecule has 0 N–H and O–H groups in total. The van der Waals surface area contributed by atoms with E-state index in [0.717, 1.165) is 16.6 Å². The third-order valence-corrected chi connectivity index (χ3v) is 8.27. The van der Waals surface area contributed by atoms with Crippen LogP contribution in [0.1, 0.15) is 11.1 Å². The van der Waals surface area contributed by atoms with Gasteiger partial charge in [0.25, 0.3) is 0 Å². The lowest BCUT2D eigenvalue weighted by Gasteiger charge is -2.12. The highest BCUT2D eigenvalue weighted by Gasteiger charge is 2.16. The molecule has 190 valence electrons. The van der Waals surface area contributed by atoms with Crippen molar-refractivity contribution in [3.8, 4) is 27.9 Å². The fourth-order valence-corrected chi connectivity index (χ4v) is 6.38. The highest BCUT2D eigenvalue weighted by Crippen LogP contribution is 2.38. The zero-order valence-electron chi connectivity index (χ0n) is 22.5. The third-order valence-electron chi connectivity index (χ3n) is 8.27. The molecule has 0 unspecified atom stereocenters. The average Bonchev–Trinajstić information content (AvgIpc) is 3.55. The molecule has 2 heteroatoms. The maximum atomic E-state index is 6.12. The van der Waals surface area contributed by atoms with Gasteiger partial charge < -0.3 is 8.98 Å². The zero-order chi connectivity index (χ0) is 26.8. The molecule has 0 saturated heterocycles. The van der Waals surface area contributed by atoms with Crippen LogP contribution in [0.2, 0.25) is 0 Å². The number of aromatic nitrogens is 1. The number of fused-ring (bicyclic) bond motifs is 6. The van der Waals surface area contributed by atoms with Crippen molar-refractivity contribution in [2.24, 2.45) is 0 Å². The van der Waals surface area contributed by atoms with Crippen LogP contribution in [-0.4, -0.2) is 4.57 Å². The van der Waals surface area contributed by atoms with Crippen LogP contribution in [0, 0.1) is 13.8 Å². The molecule has 8 aromatic rings. The second kappa shape index (κ2) is 8.72. The van der Waals surface area contributed by atoms with E-state index in [9.17, 15) is 0 Å². The second-order valence-electron chi connectivity index (χ2n) is 10.7. The van der Waals surface area contributed by atoms with E-state index in [0.29, 0.717) is 0 Å². The summed E-state index contributed by atoms with van der Waals surface area (Å²) in [4.78, 5) is 0. The molecular formula is C38H27NO. The number of rotatable bonds is 3. The van der Waals surface area contributed by atoms with Gasteiger partial charge in [0.1, 0.15) is 11.2 Å². The van der Waals surface area contributed by atoms with Gasteiger partial charge in [-0.1, -0.05) is 103 Å². The standard InChI is InChI=1S/C38H27NO/c1-24-8-5-12-31-32-13-6-9-25(2)38(32)39(37(24)31)29-22-20-27(21-23-29)26-16-18-28(19-17-26)30-11-7-15-35-36(30)33-10-3-4-14-34(33)40-35/h3-23H,1-2H3. The fraction of sp³-hybridized carbons (Fsp3) is 0.0526. The van der Waals surface area contributed by atoms with Crippen molar-refractivity contribution in [1.82, 2.24) is 4.57 Å². The van der Waals surface area contributed by atoms with E-state index in [-0.39, 0.29) is 0 Å². The Balaban J connectivity index is 1.20. The maximum absolute atomic E-state index is 6.12. The van der Waals surface area contributed by atoms with E-state index < -0.39 is 0 Å². The predicted octanol–water partition coefficient (Wildman–Crippen LogP) is 10.6. The summed E-state index contributed by atoms with van der Waals surface area (Å²) in [6, 6.07) is 45.6. The smallest absolute Gasteiger partial charge is 0.136 e. The van der Waals surface area contributed by atoms with Crippen molar-refractivity contribution in [3.63, 3.8) is 0 Å². The summed E-state index contributed by atoms with van der Waals surface area (Å²) in [5.74, 6) is 0. The van der Waals surface area contributed by atoms with Crippen molar-refractivity contribution < 1.29 is 4.42 Å². The first-order valence-electron chi connectivity index (χ1n) is 13.8. The van der Waals surface area contributed by atoms with Crippen LogP contribution in [0.4, 0.5) is 0 Å². The predicted molar refractivity (Wildman–Crippen MR) is 168 cm³/mol. The van der Waals surface area contributed by atoms with Gasteiger partial charge >= 0.3 is 0 Å². The third kappa shape index (κ3) is 3.36. The first-order valence-corrected chi connectivity index (χ1v) is 13.8. The molecular weight excluding hydrogens is 486 g/mol. The topological polar surface area (TPSA) is 18.1 Å². The Bertz CT molecular complexity index is 2150. The number of hydrogen-bond donors (Lipinski definition) is 0. The van der Waals surface area contributed by atoms with E-state index >= 15 is 0 Å². The normalized spacial score (nSPS) is 11.8. The summed E-state index contributed by atoms with van der Waals surface area (Å²) in [6.07, 6.45) is 0. The van der Waals surface area contributed by atoms with Gasteiger partial charge in [0.15, 0.2) is 0 Å².